The van der Waals surface area contributed by atoms with Crippen LogP contribution >= 0.6 is 35.6 Å². The summed E-state index contributed by atoms with van der Waals surface area (Å²) >= 11 is 13.1. The Bertz CT molecular complexity index is 1120. The molecule has 0 spiro atoms. The van der Waals surface area contributed by atoms with E-state index in [1.807, 2.05) is 62.4 Å². The van der Waals surface area contributed by atoms with Crippen LogP contribution < -0.4 is 20.7 Å². The van der Waals surface area contributed by atoms with Gasteiger partial charge in [-0.2, -0.15) is 0 Å². The van der Waals surface area contributed by atoms with Crippen molar-refractivity contribution in [2.45, 2.75) is 30.4 Å². The molecule has 3 rings (SSSR count). The van der Waals surface area contributed by atoms with Gasteiger partial charge in [0.1, 0.15) is 5.75 Å². The molecule has 3 N–H and O–H groups in total. The highest BCUT2D eigenvalue weighted by Crippen LogP contribution is 2.30. The monoisotopic (exact) mass is 499 g/mol. The van der Waals surface area contributed by atoms with Gasteiger partial charge in [0, 0.05) is 22.0 Å². The molecule has 0 fully saturated rings. The third kappa shape index (κ3) is 7.39. The van der Waals surface area contributed by atoms with E-state index in [9.17, 15) is 4.79 Å². The molecule has 33 heavy (non-hydrogen) atoms. The summed E-state index contributed by atoms with van der Waals surface area (Å²) in [4.78, 5) is 13.8. The summed E-state index contributed by atoms with van der Waals surface area (Å²) in [7, 11) is 1.55. The Morgan fingerprint density at radius 1 is 1.00 bits per heavy atom. The number of thiocarbonyl (C=S) groups is 1. The minimum atomic E-state index is -0.265. The molecule has 8 heteroatoms. The van der Waals surface area contributed by atoms with E-state index < -0.39 is 0 Å². The number of methoxy groups -OCH3 is 1. The Morgan fingerprint density at radius 2 is 1.67 bits per heavy atom. The van der Waals surface area contributed by atoms with E-state index >= 15 is 0 Å². The fraction of sp³-hybridized carbons (Fsp3) is 0.200. The first-order chi connectivity index (χ1) is 15.9. The molecule has 0 aromatic heterocycles. The zero-order valence-corrected chi connectivity index (χ0v) is 21.0. The molecule has 5 nitrogen and oxygen atoms in total. The van der Waals surface area contributed by atoms with Gasteiger partial charge in [-0.25, -0.2) is 0 Å². The summed E-state index contributed by atoms with van der Waals surface area (Å²) in [6.07, 6.45) is 0.672. The third-order valence-corrected chi connectivity index (χ3v) is 6.62. The average molecular weight is 500 g/mol. The van der Waals surface area contributed by atoms with Crippen LogP contribution in [0, 0.1) is 6.92 Å². The number of rotatable bonds is 8. The molecule has 0 aliphatic rings. The van der Waals surface area contributed by atoms with Gasteiger partial charge >= 0.3 is 0 Å². The quantitative estimate of drug-likeness (QED) is 0.229. The van der Waals surface area contributed by atoms with Crippen LogP contribution in [0.15, 0.2) is 71.6 Å². The number of hydrogen-bond donors (Lipinski definition) is 3. The maximum atomic E-state index is 12.9. The van der Waals surface area contributed by atoms with Crippen LogP contribution in [0.25, 0.3) is 0 Å². The second-order valence-corrected chi connectivity index (χ2v) is 9.42. The van der Waals surface area contributed by atoms with Crippen molar-refractivity contribution in [1.29, 1.82) is 0 Å². The molecule has 3 aromatic rings. The highest BCUT2D eigenvalue weighted by molar-refractivity contribution is 8.00. The SMILES string of the molecule is CCC(Sc1cccc(NC(=S)Nc2ccc(C)cc2)c1)C(=O)Nc1ccc(OC)c(Cl)c1. The highest BCUT2D eigenvalue weighted by Gasteiger charge is 2.19. The first kappa shape index (κ1) is 24.9. The van der Waals surface area contributed by atoms with Crippen LogP contribution in [0.1, 0.15) is 18.9 Å². The molecule has 0 saturated heterocycles. The number of ether oxygens (including phenoxy) is 1. The van der Waals surface area contributed by atoms with Gasteiger partial charge in [0.15, 0.2) is 5.11 Å². The fourth-order valence-corrected chi connectivity index (χ4v) is 4.54. The zero-order chi connectivity index (χ0) is 23.8. The summed E-state index contributed by atoms with van der Waals surface area (Å²) in [5, 5.41) is 10.0. The van der Waals surface area contributed by atoms with Crippen molar-refractivity contribution in [3.05, 3.63) is 77.3 Å². The summed E-state index contributed by atoms with van der Waals surface area (Å²) in [6, 6.07) is 21.0. The molecule has 0 heterocycles. The lowest BCUT2D eigenvalue weighted by atomic mass is 10.2. The molecule has 0 saturated carbocycles. The predicted octanol–water partition coefficient (Wildman–Crippen LogP) is 6.98. The minimum Gasteiger partial charge on any atom is -0.495 e. The van der Waals surface area contributed by atoms with Crippen molar-refractivity contribution in [2.75, 3.05) is 23.1 Å². The molecule has 172 valence electrons. The number of carbonyl (C=O) groups is 1. The van der Waals surface area contributed by atoms with Crippen LogP contribution in [0.5, 0.6) is 5.75 Å². The van der Waals surface area contributed by atoms with Gasteiger partial charge in [0.05, 0.1) is 17.4 Å². The van der Waals surface area contributed by atoms with E-state index in [0.717, 1.165) is 16.3 Å². The van der Waals surface area contributed by atoms with Crippen LogP contribution in [-0.4, -0.2) is 23.4 Å². The van der Waals surface area contributed by atoms with Crippen LogP contribution in [0.2, 0.25) is 5.02 Å². The van der Waals surface area contributed by atoms with E-state index in [-0.39, 0.29) is 11.2 Å². The first-order valence-electron chi connectivity index (χ1n) is 10.4. The number of thioether (sulfide) groups is 1. The van der Waals surface area contributed by atoms with Gasteiger partial charge < -0.3 is 20.7 Å². The van der Waals surface area contributed by atoms with Crippen molar-refractivity contribution in [3.8, 4) is 5.75 Å². The van der Waals surface area contributed by atoms with Crippen molar-refractivity contribution >= 4 is 63.7 Å². The second kappa shape index (κ2) is 11.9. The van der Waals surface area contributed by atoms with Crippen molar-refractivity contribution < 1.29 is 9.53 Å². The van der Waals surface area contributed by atoms with Gasteiger partial charge in [-0.15, -0.1) is 11.8 Å². The van der Waals surface area contributed by atoms with Gasteiger partial charge in [-0.05, 0) is 74.1 Å². The minimum absolute atomic E-state index is 0.0846. The number of nitrogens with one attached hydrogen (secondary N) is 3. The van der Waals surface area contributed by atoms with Crippen LogP contribution in [0.3, 0.4) is 0 Å². The lowest BCUT2D eigenvalue weighted by Crippen LogP contribution is -2.24. The molecular weight excluding hydrogens is 474 g/mol. The molecule has 0 aliphatic heterocycles. The van der Waals surface area contributed by atoms with Gasteiger partial charge in [0.2, 0.25) is 5.91 Å². The smallest absolute Gasteiger partial charge is 0.237 e. The number of halogens is 1. The van der Waals surface area contributed by atoms with Crippen molar-refractivity contribution in [1.82, 2.24) is 0 Å². The van der Waals surface area contributed by atoms with E-state index in [4.69, 9.17) is 28.6 Å². The Morgan fingerprint density at radius 3 is 2.33 bits per heavy atom. The largest absolute Gasteiger partial charge is 0.495 e. The summed E-state index contributed by atoms with van der Waals surface area (Å²) < 4.78 is 5.16. The number of amides is 1. The number of carbonyl (C=O) groups excluding carboxylic acids is 1. The third-order valence-electron chi connectivity index (χ3n) is 4.76. The summed E-state index contributed by atoms with van der Waals surface area (Å²) in [5.41, 5.74) is 3.59. The first-order valence-corrected chi connectivity index (χ1v) is 12.1. The maximum absolute atomic E-state index is 12.9. The number of anilines is 3. The van der Waals surface area contributed by atoms with E-state index in [1.54, 1.807) is 25.3 Å². The molecule has 1 amide bonds. The maximum Gasteiger partial charge on any atom is 0.237 e. The molecule has 1 atom stereocenters. The standard InChI is InChI=1S/C25H26ClN3O2S2/c1-4-23(24(30)27-19-12-13-22(31-3)21(26)15-19)33-20-7-5-6-18(14-20)29-25(32)28-17-10-8-16(2)9-11-17/h5-15,23H,4H2,1-3H3,(H,27,30)(H2,28,29,32). The Hall–Kier alpha value is -2.74. The Labute approximate surface area is 209 Å². The second-order valence-electron chi connectivity index (χ2n) is 7.33. The molecule has 1 unspecified atom stereocenters. The summed E-state index contributed by atoms with van der Waals surface area (Å²) in [6.45, 7) is 4.03. The topological polar surface area (TPSA) is 62.4 Å². The van der Waals surface area contributed by atoms with E-state index in [2.05, 4.69) is 16.0 Å². The van der Waals surface area contributed by atoms with Crippen molar-refractivity contribution in [3.63, 3.8) is 0 Å². The number of hydrogen-bond acceptors (Lipinski definition) is 4. The molecule has 0 radical (unpaired) electrons. The van der Waals surface area contributed by atoms with Crippen LogP contribution in [0.4, 0.5) is 17.1 Å². The highest BCUT2D eigenvalue weighted by atomic mass is 35.5. The van der Waals surface area contributed by atoms with Gasteiger partial charge in [0.25, 0.3) is 0 Å². The number of aryl methyl sites for hydroxylation is 1. The number of benzene rings is 3. The predicted molar refractivity (Wildman–Crippen MR) is 144 cm³/mol. The van der Waals surface area contributed by atoms with E-state index in [0.29, 0.717) is 28.0 Å². The average Bonchev–Trinajstić information content (AvgIpc) is 2.79. The lowest BCUT2D eigenvalue weighted by Gasteiger charge is -2.16. The zero-order valence-electron chi connectivity index (χ0n) is 18.6. The summed E-state index contributed by atoms with van der Waals surface area (Å²) in [5.74, 6) is 0.480. The van der Waals surface area contributed by atoms with E-state index in [1.165, 1.54) is 17.3 Å². The normalized spacial score (nSPS) is 11.4. The van der Waals surface area contributed by atoms with Gasteiger partial charge in [-0.1, -0.05) is 42.3 Å². The molecule has 3 aromatic carbocycles. The lowest BCUT2D eigenvalue weighted by molar-refractivity contribution is -0.115. The Balaban J connectivity index is 1.61. The molecule has 0 bridgehead atoms. The fourth-order valence-electron chi connectivity index (χ4n) is 3.03. The van der Waals surface area contributed by atoms with Gasteiger partial charge in [-0.3, -0.25) is 4.79 Å². The van der Waals surface area contributed by atoms with Crippen molar-refractivity contribution in [2.24, 2.45) is 0 Å². The molecular formula is C25H26ClN3O2S2. The Kier molecular flexibility index (Phi) is 9.00. The molecule has 0 aliphatic carbocycles. The van der Waals surface area contributed by atoms with Crippen LogP contribution in [-0.2, 0) is 4.79 Å².